The van der Waals surface area contributed by atoms with Gasteiger partial charge >= 0.3 is 0 Å². The van der Waals surface area contributed by atoms with Gasteiger partial charge in [-0.3, -0.25) is 4.98 Å². The number of hydrogen-bond donors (Lipinski definition) is 1. The Morgan fingerprint density at radius 3 is 2.67 bits per heavy atom. The summed E-state index contributed by atoms with van der Waals surface area (Å²) >= 11 is 0. The molecule has 18 heavy (non-hydrogen) atoms. The third kappa shape index (κ3) is 2.46. The SMILES string of the molecule is CNCc1cc(N(C)C(C)C)c2ccccc2n1. The molecule has 3 heteroatoms. The fraction of sp³-hybridized carbons (Fsp3) is 0.400. The van der Waals surface area contributed by atoms with E-state index in [9.17, 15) is 0 Å². The average molecular weight is 243 g/mol. The minimum atomic E-state index is 0.471. The van der Waals surface area contributed by atoms with Crippen LogP contribution in [0.5, 0.6) is 0 Å². The average Bonchev–Trinajstić information content (AvgIpc) is 2.37. The second kappa shape index (κ2) is 5.36. The largest absolute Gasteiger partial charge is 0.372 e. The Balaban J connectivity index is 2.60. The van der Waals surface area contributed by atoms with Crippen LogP contribution in [0.3, 0.4) is 0 Å². The van der Waals surface area contributed by atoms with Gasteiger partial charge in [0.15, 0.2) is 0 Å². The van der Waals surface area contributed by atoms with Crippen molar-refractivity contribution in [3.63, 3.8) is 0 Å². The van der Waals surface area contributed by atoms with Crippen LogP contribution in [0, 0.1) is 0 Å². The standard InChI is InChI=1S/C15H21N3/c1-11(2)18(4)15-9-12(10-16-3)17-14-8-6-5-7-13(14)15/h5-9,11,16H,10H2,1-4H3. The van der Waals surface area contributed by atoms with Crippen molar-refractivity contribution in [3.05, 3.63) is 36.0 Å². The van der Waals surface area contributed by atoms with Gasteiger partial charge in [0.05, 0.1) is 11.2 Å². The maximum absolute atomic E-state index is 4.68. The highest BCUT2D eigenvalue weighted by Gasteiger charge is 2.11. The van der Waals surface area contributed by atoms with E-state index < -0.39 is 0 Å². The Bertz CT molecular complexity index is 534. The van der Waals surface area contributed by atoms with Crippen LogP contribution in [0.1, 0.15) is 19.5 Å². The number of rotatable bonds is 4. The van der Waals surface area contributed by atoms with Crippen molar-refractivity contribution >= 4 is 16.6 Å². The number of nitrogens with one attached hydrogen (secondary N) is 1. The first-order valence-corrected chi connectivity index (χ1v) is 6.39. The van der Waals surface area contributed by atoms with Crippen molar-refractivity contribution in [2.24, 2.45) is 0 Å². The fourth-order valence-electron chi connectivity index (χ4n) is 2.05. The molecule has 2 rings (SSSR count). The molecule has 2 aromatic rings. The molecule has 1 heterocycles. The summed E-state index contributed by atoms with van der Waals surface area (Å²) < 4.78 is 0. The summed E-state index contributed by atoms with van der Waals surface area (Å²) in [5.74, 6) is 0. The van der Waals surface area contributed by atoms with E-state index in [1.807, 2.05) is 13.1 Å². The smallest absolute Gasteiger partial charge is 0.0726 e. The van der Waals surface area contributed by atoms with Crippen molar-refractivity contribution < 1.29 is 0 Å². The first-order chi connectivity index (χ1) is 8.63. The molecule has 0 saturated heterocycles. The van der Waals surface area contributed by atoms with E-state index in [0.29, 0.717) is 6.04 Å². The monoisotopic (exact) mass is 243 g/mol. The van der Waals surface area contributed by atoms with E-state index in [0.717, 1.165) is 17.8 Å². The Kier molecular flexibility index (Phi) is 3.82. The number of benzene rings is 1. The number of nitrogens with zero attached hydrogens (tertiary/aromatic N) is 2. The molecule has 0 amide bonds. The lowest BCUT2D eigenvalue weighted by Gasteiger charge is -2.25. The number of para-hydroxylation sites is 1. The molecule has 0 bridgehead atoms. The van der Waals surface area contributed by atoms with Gasteiger partial charge in [-0.05, 0) is 33.0 Å². The van der Waals surface area contributed by atoms with Gasteiger partial charge < -0.3 is 10.2 Å². The van der Waals surface area contributed by atoms with Gasteiger partial charge in [0, 0.05) is 30.7 Å². The molecule has 0 aliphatic carbocycles. The molecular weight excluding hydrogens is 222 g/mol. The van der Waals surface area contributed by atoms with Crippen molar-refractivity contribution in [1.82, 2.24) is 10.3 Å². The zero-order valence-electron chi connectivity index (χ0n) is 11.6. The molecular formula is C15H21N3. The Hall–Kier alpha value is -1.61. The highest BCUT2D eigenvalue weighted by atomic mass is 15.1. The number of pyridine rings is 1. The zero-order valence-corrected chi connectivity index (χ0v) is 11.6. The number of fused-ring (bicyclic) bond motifs is 1. The van der Waals surface area contributed by atoms with Crippen LogP contribution < -0.4 is 10.2 Å². The van der Waals surface area contributed by atoms with Crippen molar-refractivity contribution in [2.75, 3.05) is 19.0 Å². The Morgan fingerprint density at radius 2 is 2.00 bits per heavy atom. The Morgan fingerprint density at radius 1 is 1.28 bits per heavy atom. The zero-order chi connectivity index (χ0) is 13.1. The number of aromatic nitrogens is 1. The van der Waals surface area contributed by atoms with E-state index in [2.05, 4.69) is 60.4 Å². The summed E-state index contributed by atoms with van der Waals surface area (Å²) in [6.45, 7) is 5.20. The molecule has 0 aliphatic heterocycles. The van der Waals surface area contributed by atoms with Crippen LogP contribution in [0.4, 0.5) is 5.69 Å². The summed E-state index contributed by atoms with van der Waals surface area (Å²) in [5.41, 5.74) is 3.40. The topological polar surface area (TPSA) is 28.2 Å². The van der Waals surface area contributed by atoms with Crippen LogP contribution in [0.15, 0.2) is 30.3 Å². The van der Waals surface area contributed by atoms with Crippen molar-refractivity contribution in [3.8, 4) is 0 Å². The lowest BCUT2D eigenvalue weighted by atomic mass is 10.1. The van der Waals surface area contributed by atoms with Crippen LogP contribution in [0.2, 0.25) is 0 Å². The predicted molar refractivity (Wildman–Crippen MR) is 78.0 cm³/mol. The van der Waals surface area contributed by atoms with Gasteiger partial charge in [-0.15, -0.1) is 0 Å². The summed E-state index contributed by atoms with van der Waals surface area (Å²) in [4.78, 5) is 6.97. The molecule has 0 fully saturated rings. The molecule has 0 aliphatic rings. The quantitative estimate of drug-likeness (QED) is 0.895. The first-order valence-electron chi connectivity index (χ1n) is 6.39. The molecule has 1 aromatic carbocycles. The molecule has 0 unspecified atom stereocenters. The fourth-order valence-corrected chi connectivity index (χ4v) is 2.05. The van der Waals surface area contributed by atoms with E-state index in [1.54, 1.807) is 0 Å². The molecule has 96 valence electrons. The molecule has 0 saturated carbocycles. The van der Waals surface area contributed by atoms with Gasteiger partial charge in [0.2, 0.25) is 0 Å². The van der Waals surface area contributed by atoms with Gasteiger partial charge in [-0.1, -0.05) is 18.2 Å². The van der Waals surface area contributed by atoms with Gasteiger partial charge in [0.25, 0.3) is 0 Å². The number of anilines is 1. The molecule has 0 atom stereocenters. The normalized spacial score (nSPS) is 11.2. The third-order valence-electron chi connectivity index (χ3n) is 3.26. The lowest BCUT2D eigenvalue weighted by molar-refractivity contribution is 0.752. The highest BCUT2D eigenvalue weighted by molar-refractivity contribution is 5.92. The summed E-state index contributed by atoms with van der Waals surface area (Å²) in [6.07, 6.45) is 0. The minimum absolute atomic E-state index is 0.471. The van der Waals surface area contributed by atoms with Crippen molar-refractivity contribution in [1.29, 1.82) is 0 Å². The summed E-state index contributed by atoms with van der Waals surface area (Å²) in [7, 11) is 4.08. The third-order valence-corrected chi connectivity index (χ3v) is 3.26. The molecule has 3 nitrogen and oxygen atoms in total. The van der Waals surface area contributed by atoms with Crippen LogP contribution in [0.25, 0.3) is 10.9 Å². The first kappa shape index (κ1) is 12.8. The van der Waals surface area contributed by atoms with E-state index in [4.69, 9.17) is 0 Å². The summed E-state index contributed by atoms with van der Waals surface area (Å²) in [5, 5.41) is 4.38. The second-order valence-electron chi connectivity index (χ2n) is 4.88. The molecule has 1 aromatic heterocycles. The predicted octanol–water partition coefficient (Wildman–Crippen LogP) is 2.80. The van der Waals surface area contributed by atoms with E-state index >= 15 is 0 Å². The van der Waals surface area contributed by atoms with Crippen molar-refractivity contribution in [2.45, 2.75) is 26.4 Å². The minimum Gasteiger partial charge on any atom is -0.372 e. The van der Waals surface area contributed by atoms with Gasteiger partial charge in [-0.25, -0.2) is 0 Å². The van der Waals surface area contributed by atoms with Gasteiger partial charge in [0.1, 0.15) is 0 Å². The Labute approximate surface area is 109 Å². The summed E-state index contributed by atoms with van der Waals surface area (Å²) in [6, 6.07) is 11.0. The van der Waals surface area contributed by atoms with Gasteiger partial charge in [-0.2, -0.15) is 0 Å². The molecule has 0 spiro atoms. The van der Waals surface area contributed by atoms with Crippen LogP contribution >= 0.6 is 0 Å². The van der Waals surface area contributed by atoms with Crippen LogP contribution in [-0.2, 0) is 6.54 Å². The lowest BCUT2D eigenvalue weighted by Crippen LogP contribution is -2.26. The maximum Gasteiger partial charge on any atom is 0.0726 e. The van der Waals surface area contributed by atoms with Crippen LogP contribution in [-0.4, -0.2) is 25.1 Å². The van der Waals surface area contributed by atoms with E-state index in [1.165, 1.54) is 11.1 Å². The van der Waals surface area contributed by atoms with E-state index in [-0.39, 0.29) is 0 Å². The molecule has 0 radical (unpaired) electrons. The molecule has 1 N–H and O–H groups in total. The second-order valence-corrected chi connectivity index (χ2v) is 4.88. The maximum atomic E-state index is 4.68. The number of hydrogen-bond acceptors (Lipinski definition) is 3. The highest BCUT2D eigenvalue weighted by Crippen LogP contribution is 2.27.